The van der Waals surface area contributed by atoms with E-state index < -0.39 is 9.84 Å². The van der Waals surface area contributed by atoms with Crippen LogP contribution in [0, 0.1) is 5.92 Å². The molecule has 0 radical (unpaired) electrons. The van der Waals surface area contributed by atoms with Gasteiger partial charge in [0.2, 0.25) is 0 Å². The largest absolute Gasteiger partial charge is 0.315 e. The van der Waals surface area contributed by atoms with E-state index in [-0.39, 0.29) is 5.92 Å². The minimum absolute atomic E-state index is 0.281. The van der Waals surface area contributed by atoms with E-state index in [9.17, 15) is 8.42 Å². The van der Waals surface area contributed by atoms with E-state index in [4.69, 9.17) is 0 Å². The molecule has 3 rings (SSSR count). The molecular formula is C12H19N3O2S. The van der Waals surface area contributed by atoms with Crippen LogP contribution in [0.25, 0.3) is 0 Å². The van der Waals surface area contributed by atoms with Crippen LogP contribution in [0.5, 0.6) is 0 Å². The fraction of sp³-hybridized carbons (Fsp3) is 0.833. The Morgan fingerprint density at radius 3 is 2.61 bits per heavy atom. The lowest BCUT2D eigenvalue weighted by molar-refractivity contribution is 0.393. The van der Waals surface area contributed by atoms with Crippen molar-refractivity contribution >= 4 is 9.84 Å². The number of aromatic nitrogens is 3. The van der Waals surface area contributed by atoms with E-state index in [1.807, 2.05) is 0 Å². The summed E-state index contributed by atoms with van der Waals surface area (Å²) in [6.45, 7) is 3.23. The number of sulfone groups is 1. The predicted molar refractivity (Wildman–Crippen MR) is 68.1 cm³/mol. The standard InChI is InChI=1S/C12H19N3O2S/c1-9-2-5-15-11(8-9)13-14-12(15)10-3-6-18(16,17)7-4-10/h9-10H,2-8H2,1H3. The first kappa shape index (κ1) is 12.1. The monoisotopic (exact) mass is 269 g/mol. The van der Waals surface area contributed by atoms with Crippen LogP contribution in [0.15, 0.2) is 0 Å². The van der Waals surface area contributed by atoms with Gasteiger partial charge in [0.05, 0.1) is 11.5 Å². The molecule has 5 nitrogen and oxygen atoms in total. The summed E-state index contributed by atoms with van der Waals surface area (Å²) >= 11 is 0. The lowest BCUT2D eigenvalue weighted by Crippen LogP contribution is -2.26. The van der Waals surface area contributed by atoms with E-state index in [1.165, 1.54) is 6.42 Å². The van der Waals surface area contributed by atoms with Gasteiger partial charge in [0.25, 0.3) is 0 Å². The maximum atomic E-state index is 11.5. The molecule has 1 fully saturated rings. The highest BCUT2D eigenvalue weighted by molar-refractivity contribution is 7.91. The third kappa shape index (κ3) is 2.18. The Hall–Kier alpha value is -0.910. The summed E-state index contributed by atoms with van der Waals surface area (Å²) < 4.78 is 25.1. The zero-order valence-corrected chi connectivity index (χ0v) is 11.5. The number of rotatable bonds is 1. The highest BCUT2D eigenvalue weighted by atomic mass is 32.2. The third-order valence-electron chi connectivity index (χ3n) is 4.15. The zero-order valence-electron chi connectivity index (χ0n) is 10.7. The van der Waals surface area contributed by atoms with Gasteiger partial charge in [0.15, 0.2) is 0 Å². The molecule has 0 amide bonds. The van der Waals surface area contributed by atoms with Crippen LogP contribution in [-0.4, -0.2) is 34.7 Å². The van der Waals surface area contributed by atoms with Gasteiger partial charge in [0, 0.05) is 18.9 Å². The molecule has 1 saturated heterocycles. The Bertz CT molecular complexity index is 536. The van der Waals surface area contributed by atoms with Gasteiger partial charge in [-0.1, -0.05) is 6.92 Å². The van der Waals surface area contributed by atoms with Gasteiger partial charge in [-0.25, -0.2) is 8.42 Å². The molecule has 1 aromatic heterocycles. The minimum Gasteiger partial charge on any atom is -0.315 e. The van der Waals surface area contributed by atoms with Crippen molar-refractivity contribution in [3.8, 4) is 0 Å². The van der Waals surface area contributed by atoms with Crippen molar-refractivity contribution in [2.75, 3.05) is 11.5 Å². The van der Waals surface area contributed by atoms with Crippen molar-refractivity contribution in [2.45, 2.75) is 45.1 Å². The van der Waals surface area contributed by atoms with Crippen molar-refractivity contribution in [2.24, 2.45) is 5.92 Å². The molecule has 3 heterocycles. The van der Waals surface area contributed by atoms with Crippen LogP contribution in [0.2, 0.25) is 0 Å². The maximum Gasteiger partial charge on any atom is 0.150 e. The summed E-state index contributed by atoms with van der Waals surface area (Å²) in [5.74, 6) is 3.67. The van der Waals surface area contributed by atoms with E-state index in [1.54, 1.807) is 0 Å². The summed E-state index contributed by atoms with van der Waals surface area (Å²) in [6.07, 6.45) is 3.58. The molecular weight excluding hydrogens is 250 g/mol. The second kappa shape index (κ2) is 4.33. The topological polar surface area (TPSA) is 64.8 Å². The second-order valence-corrected chi connectivity index (χ2v) is 7.95. The molecule has 6 heteroatoms. The van der Waals surface area contributed by atoms with Gasteiger partial charge >= 0.3 is 0 Å². The smallest absolute Gasteiger partial charge is 0.150 e. The quantitative estimate of drug-likeness (QED) is 0.767. The maximum absolute atomic E-state index is 11.5. The van der Waals surface area contributed by atoms with Crippen LogP contribution in [0.4, 0.5) is 0 Å². The minimum atomic E-state index is -2.79. The Morgan fingerprint density at radius 2 is 1.89 bits per heavy atom. The van der Waals surface area contributed by atoms with Crippen LogP contribution in [0.1, 0.15) is 43.8 Å². The Morgan fingerprint density at radius 1 is 1.17 bits per heavy atom. The molecule has 2 aliphatic rings. The SMILES string of the molecule is CC1CCn2c(nnc2C2CCS(=O)(=O)CC2)C1. The fourth-order valence-corrected chi connectivity index (χ4v) is 4.45. The van der Waals surface area contributed by atoms with Crippen molar-refractivity contribution in [3.63, 3.8) is 0 Å². The molecule has 0 aliphatic carbocycles. The van der Waals surface area contributed by atoms with Gasteiger partial charge in [-0.3, -0.25) is 0 Å². The molecule has 0 saturated carbocycles. The number of hydrogen-bond donors (Lipinski definition) is 0. The van der Waals surface area contributed by atoms with Crippen molar-refractivity contribution < 1.29 is 8.42 Å². The van der Waals surface area contributed by atoms with Crippen LogP contribution in [-0.2, 0) is 22.8 Å². The zero-order chi connectivity index (χ0) is 12.8. The number of nitrogens with zero attached hydrogens (tertiary/aromatic N) is 3. The first-order valence-corrected chi connectivity index (χ1v) is 8.50. The average molecular weight is 269 g/mol. The molecule has 0 N–H and O–H groups in total. The van der Waals surface area contributed by atoms with Gasteiger partial charge in [-0.15, -0.1) is 10.2 Å². The Balaban J connectivity index is 1.82. The van der Waals surface area contributed by atoms with Crippen molar-refractivity contribution in [3.05, 3.63) is 11.6 Å². The molecule has 1 atom stereocenters. The van der Waals surface area contributed by atoms with E-state index in [2.05, 4.69) is 21.7 Å². The lowest BCUT2D eigenvalue weighted by Gasteiger charge is -2.25. The molecule has 0 spiro atoms. The van der Waals surface area contributed by atoms with Gasteiger partial charge in [-0.05, 0) is 25.2 Å². The van der Waals surface area contributed by atoms with E-state index in [0.717, 1.165) is 24.6 Å². The Labute approximate surface area is 108 Å². The summed E-state index contributed by atoms with van der Waals surface area (Å²) in [5.41, 5.74) is 0. The molecule has 0 aromatic carbocycles. The lowest BCUT2D eigenvalue weighted by atomic mass is 9.98. The Kier molecular flexibility index (Phi) is 2.92. The third-order valence-corrected chi connectivity index (χ3v) is 5.87. The van der Waals surface area contributed by atoms with Gasteiger partial charge in [-0.2, -0.15) is 0 Å². The molecule has 18 heavy (non-hydrogen) atoms. The number of hydrogen-bond acceptors (Lipinski definition) is 4. The van der Waals surface area contributed by atoms with Crippen LogP contribution < -0.4 is 0 Å². The van der Waals surface area contributed by atoms with E-state index in [0.29, 0.717) is 30.3 Å². The first-order chi connectivity index (χ1) is 8.55. The first-order valence-electron chi connectivity index (χ1n) is 6.67. The van der Waals surface area contributed by atoms with Crippen LogP contribution >= 0.6 is 0 Å². The fourth-order valence-electron chi connectivity index (χ4n) is 2.96. The molecule has 1 aromatic rings. The highest BCUT2D eigenvalue weighted by Gasteiger charge is 2.30. The van der Waals surface area contributed by atoms with Gasteiger partial charge in [0.1, 0.15) is 21.5 Å². The van der Waals surface area contributed by atoms with Crippen molar-refractivity contribution in [1.29, 1.82) is 0 Å². The highest BCUT2D eigenvalue weighted by Crippen LogP contribution is 2.30. The average Bonchev–Trinajstić information content (AvgIpc) is 2.72. The predicted octanol–water partition coefficient (Wildman–Crippen LogP) is 1.15. The van der Waals surface area contributed by atoms with Gasteiger partial charge < -0.3 is 4.57 Å². The summed E-state index contributed by atoms with van der Waals surface area (Å²) in [4.78, 5) is 0. The second-order valence-electron chi connectivity index (χ2n) is 5.65. The summed E-state index contributed by atoms with van der Waals surface area (Å²) in [5, 5.41) is 8.60. The van der Waals surface area contributed by atoms with E-state index >= 15 is 0 Å². The molecule has 1 unspecified atom stereocenters. The normalized spacial score (nSPS) is 27.9. The summed E-state index contributed by atoms with van der Waals surface area (Å²) in [6, 6.07) is 0. The number of fused-ring (bicyclic) bond motifs is 1. The molecule has 100 valence electrons. The molecule has 2 aliphatic heterocycles. The summed E-state index contributed by atoms with van der Waals surface area (Å²) in [7, 11) is -2.79. The molecule has 0 bridgehead atoms. The van der Waals surface area contributed by atoms with Crippen molar-refractivity contribution in [1.82, 2.24) is 14.8 Å². The van der Waals surface area contributed by atoms with Crippen LogP contribution in [0.3, 0.4) is 0 Å².